The summed E-state index contributed by atoms with van der Waals surface area (Å²) in [5, 5.41) is 3.54. The lowest BCUT2D eigenvalue weighted by Gasteiger charge is -2.32. The summed E-state index contributed by atoms with van der Waals surface area (Å²) in [6.45, 7) is 4.90. The molecule has 3 heterocycles. The number of aliphatic imine (C=N–C) groups is 1. The predicted molar refractivity (Wildman–Crippen MR) is 104 cm³/mol. The van der Waals surface area contributed by atoms with Crippen molar-refractivity contribution in [3.8, 4) is 0 Å². The van der Waals surface area contributed by atoms with Crippen LogP contribution in [0.5, 0.6) is 0 Å². The summed E-state index contributed by atoms with van der Waals surface area (Å²) in [6.07, 6.45) is 1.70. The third-order valence-corrected chi connectivity index (χ3v) is 5.69. The van der Waals surface area contributed by atoms with Gasteiger partial charge in [-0.3, -0.25) is 9.78 Å². The minimum absolute atomic E-state index is 0.215. The zero-order chi connectivity index (χ0) is 18.3. The van der Waals surface area contributed by atoms with Gasteiger partial charge in [0.05, 0.1) is 13.2 Å². The van der Waals surface area contributed by atoms with E-state index >= 15 is 0 Å². The Morgan fingerprint density at radius 1 is 1.35 bits per heavy atom. The molecule has 2 aromatic rings. The lowest BCUT2D eigenvalue weighted by molar-refractivity contribution is 0.0634. The van der Waals surface area contributed by atoms with Gasteiger partial charge in [-0.1, -0.05) is 23.9 Å². The lowest BCUT2D eigenvalue weighted by atomic mass is 9.87. The van der Waals surface area contributed by atoms with Crippen LogP contribution in [0.1, 0.15) is 32.7 Å². The number of rotatable bonds is 2. The first-order valence-corrected chi connectivity index (χ1v) is 9.39. The Labute approximate surface area is 156 Å². The Kier molecular flexibility index (Phi) is 4.20. The van der Waals surface area contributed by atoms with Gasteiger partial charge in [-0.25, -0.2) is 4.99 Å². The van der Waals surface area contributed by atoms with E-state index in [-0.39, 0.29) is 5.91 Å². The highest BCUT2D eigenvalue weighted by Gasteiger charge is 2.41. The zero-order valence-corrected chi connectivity index (χ0v) is 15.5. The minimum Gasteiger partial charge on any atom is -0.379 e. The van der Waals surface area contributed by atoms with Crippen LogP contribution >= 0.6 is 11.8 Å². The Morgan fingerprint density at radius 2 is 2.19 bits per heavy atom. The highest BCUT2D eigenvalue weighted by molar-refractivity contribution is 8.14. The highest BCUT2D eigenvalue weighted by atomic mass is 32.2. The number of amides is 1. The van der Waals surface area contributed by atoms with Crippen molar-refractivity contribution in [1.82, 2.24) is 4.98 Å². The Balaban J connectivity index is 1.65. The molecule has 1 atom stereocenters. The van der Waals surface area contributed by atoms with Crippen LogP contribution in [0.2, 0.25) is 0 Å². The van der Waals surface area contributed by atoms with Crippen molar-refractivity contribution >= 4 is 28.5 Å². The second-order valence-electron chi connectivity index (χ2n) is 6.77. The number of thioether (sulfide) groups is 1. The number of aryl methyl sites for hydroxylation is 2. The maximum absolute atomic E-state index is 12.6. The van der Waals surface area contributed by atoms with Crippen LogP contribution in [0.4, 0.5) is 5.69 Å². The Morgan fingerprint density at radius 3 is 2.92 bits per heavy atom. The fourth-order valence-electron chi connectivity index (χ4n) is 3.44. The Hall–Kier alpha value is -2.38. The average molecular weight is 368 g/mol. The number of fused-ring (bicyclic) bond motifs is 2. The van der Waals surface area contributed by atoms with Crippen LogP contribution in [-0.4, -0.2) is 28.4 Å². The maximum atomic E-state index is 12.6. The number of hydrogen-bond donors (Lipinski definition) is 2. The molecule has 1 aromatic heterocycles. The smallest absolute Gasteiger partial charge is 0.274 e. The standard InChI is InChI=1S/C19H20N4O2S/c1-11-5-12(2)16(21-7-11)17(24)22-14-4-3-13-8-25-9-19(15(13)6-14)10-26-18(20)23-19/h3-7H,8-10H2,1-2H3,(H2,20,23)(H,22,24). The molecular weight excluding hydrogens is 348 g/mol. The second kappa shape index (κ2) is 6.41. The number of carbonyl (C=O) groups excluding carboxylic acids is 1. The molecule has 2 aliphatic rings. The van der Waals surface area contributed by atoms with Gasteiger partial charge >= 0.3 is 0 Å². The number of aromatic nitrogens is 1. The zero-order valence-electron chi connectivity index (χ0n) is 14.7. The summed E-state index contributed by atoms with van der Waals surface area (Å²) in [5.41, 5.74) is 10.6. The van der Waals surface area contributed by atoms with Crippen LogP contribution in [0.3, 0.4) is 0 Å². The summed E-state index contributed by atoms with van der Waals surface area (Å²) >= 11 is 1.54. The number of hydrogen-bond acceptors (Lipinski definition) is 6. The third kappa shape index (κ3) is 2.97. The monoisotopic (exact) mass is 368 g/mol. The molecule has 0 saturated heterocycles. The molecule has 0 fully saturated rings. The molecule has 0 saturated carbocycles. The van der Waals surface area contributed by atoms with E-state index < -0.39 is 5.54 Å². The van der Waals surface area contributed by atoms with E-state index in [9.17, 15) is 4.79 Å². The molecule has 3 N–H and O–H groups in total. The van der Waals surface area contributed by atoms with E-state index in [1.54, 1.807) is 6.20 Å². The topological polar surface area (TPSA) is 89.6 Å². The van der Waals surface area contributed by atoms with Crippen molar-refractivity contribution in [2.75, 3.05) is 17.7 Å². The van der Waals surface area contributed by atoms with E-state index in [0.29, 0.717) is 24.1 Å². The fraction of sp³-hybridized carbons (Fsp3) is 0.316. The Bertz CT molecular complexity index is 928. The summed E-state index contributed by atoms with van der Waals surface area (Å²) in [4.78, 5) is 21.5. The molecular formula is C19H20N4O2S. The molecule has 134 valence electrons. The van der Waals surface area contributed by atoms with Gasteiger partial charge in [0.1, 0.15) is 11.2 Å². The summed E-state index contributed by atoms with van der Waals surface area (Å²) in [6, 6.07) is 7.81. The van der Waals surface area contributed by atoms with Crippen molar-refractivity contribution in [1.29, 1.82) is 0 Å². The first kappa shape index (κ1) is 17.1. The van der Waals surface area contributed by atoms with Gasteiger partial charge in [-0.2, -0.15) is 0 Å². The number of amidine groups is 1. The van der Waals surface area contributed by atoms with Gasteiger partial charge in [0.25, 0.3) is 5.91 Å². The minimum atomic E-state index is -0.457. The van der Waals surface area contributed by atoms with Crippen LogP contribution in [-0.2, 0) is 16.9 Å². The molecule has 2 aliphatic heterocycles. The van der Waals surface area contributed by atoms with E-state index in [1.165, 1.54) is 11.8 Å². The number of nitrogens with two attached hydrogens (primary N) is 1. The quantitative estimate of drug-likeness (QED) is 0.851. The lowest BCUT2D eigenvalue weighted by Crippen LogP contribution is -2.35. The molecule has 1 unspecified atom stereocenters. The molecule has 0 aliphatic carbocycles. The summed E-state index contributed by atoms with van der Waals surface area (Å²) < 4.78 is 5.73. The molecule has 1 amide bonds. The molecule has 7 heteroatoms. The van der Waals surface area contributed by atoms with Crippen molar-refractivity contribution in [3.63, 3.8) is 0 Å². The van der Waals surface area contributed by atoms with Gasteiger partial charge < -0.3 is 15.8 Å². The molecule has 1 aromatic carbocycles. The number of ether oxygens (including phenoxy) is 1. The first-order valence-electron chi connectivity index (χ1n) is 8.41. The summed E-state index contributed by atoms with van der Waals surface area (Å²) in [5.74, 6) is 0.536. The van der Waals surface area contributed by atoms with Crippen LogP contribution in [0.25, 0.3) is 0 Å². The van der Waals surface area contributed by atoms with Gasteiger partial charge in [0.2, 0.25) is 0 Å². The molecule has 1 spiro atoms. The normalized spacial score (nSPS) is 21.4. The first-order chi connectivity index (χ1) is 12.5. The highest BCUT2D eigenvalue weighted by Crippen LogP contribution is 2.41. The number of nitrogens with zero attached hydrogens (tertiary/aromatic N) is 2. The number of pyridine rings is 1. The molecule has 4 rings (SSSR count). The van der Waals surface area contributed by atoms with Crippen molar-refractivity contribution in [3.05, 3.63) is 58.4 Å². The number of benzene rings is 1. The van der Waals surface area contributed by atoms with Crippen LogP contribution in [0, 0.1) is 13.8 Å². The number of anilines is 1. The third-order valence-electron chi connectivity index (χ3n) is 4.68. The fourth-order valence-corrected chi connectivity index (χ4v) is 4.37. The van der Waals surface area contributed by atoms with Crippen LogP contribution in [0.15, 0.2) is 35.5 Å². The van der Waals surface area contributed by atoms with Crippen molar-refractivity contribution in [2.24, 2.45) is 10.7 Å². The van der Waals surface area contributed by atoms with Crippen molar-refractivity contribution in [2.45, 2.75) is 26.0 Å². The van der Waals surface area contributed by atoms with Gasteiger partial charge in [-0.05, 0) is 48.2 Å². The summed E-state index contributed by atoms with van der Waals surface area (Å²) in [7, 11) is 0. The maximum Gasteiger partial charge on any atom is 0.274 e. The van der Waals surface area contributed by atoms with Gasteiger partial charge in [-0.15, -0.1) is 0 Å². The number of nitrogens with one attached hydrogen (secondary N) is 1. The number of carbonyl (C=O) groups is 1. The van der Waals surface area contributed by atoms with Gasteiger partial charge in [0.15, 0.2) is 5.17 Å². The molecule has 0 bridgehead atoms. The SMILES string of the molecule is Cc1cnc(C(=O)Nc2ccc3c(c2)C2(COC3)CSC(N)=N2)c(C)c1. The molecule has 6 nitrogen and oxygen atoms in total. The van der Waals surface area contributed by atoms with Crippen LogP contribution < -0.4 is 11.1 Å². The largest absolute Gasteiger partial charge is 0.379 e. The second-order valence-corrected chi connectivity index (χ2v) is 7.76. The van der Waals surface area contributed by atoms with E-state index in [4.69, 9.17) is 10.5 Å². The van der Waals surface area contributed by atoms with E-state index in [0.717, 1.165) is 33.7 Å². The average Bonchev–Trinajstić information content (AvgIpc) is 2.97. The molecule has 0 radical (unpaired) electrons. The predicted octanol–water partition coefficient (Wildman–Crippen LogP) is 2.74. The molecule has 26 heavy (non-hydrogen) atoms. The van der Waals surface area contributed by atoms with Gasteiger partial charge in [0, 0.05) is 17.6 Å². The van der Waals surface area contributed by atoms with E-state index in [2.05, 4.69) is 15.3 Å². The van der Waals surface area contributed by atoms with E-state index in [1.807, 2.05) is 38.1 Å². The van der Waals surface area contributed by atoms with Crippen molar-refractivity contribution < 1.29 is 9.53 Å².